The standard InChI is InChI=1S/C22H26N2O5/c1-12-4-5-15(29-3)9-17(12)21-6-7-23-13(2)22(21,28)10-14-8-16(20(26)27)19(25)24-18(14)11-21/h4-5,8-9,13,23,28H,6-7,10-11H2,1-3H3,(H,24,25)(H,26,27)/t13?,21-,22?/m1/s1. The van der Waals surface area contributed by atoms with Crippen molar-refractivity contribution in [2.24, 2.45) is 0 Å². The van der Waals surface area contributed by atoms with E-state index in [-0.39, 0.29) is 18.0 Å². The van der Waals surface area contributed by atoms with Crippen molar-refractivity contribution >= 4 is 5.97 Å². The molecule has 3 atom stereocenters. The molecule has 0 spiro atoms. The van der Waals surface area contributed by atoms with Crippen LogP contribution in [0.25, 0.3) is 0 Å². The summed E-state index contributed by atoms with van der Waals surface area (Å²) in [7, 11) is 1.62. The van der Waals surface area contributed by atoms with E-state index in [1.54, 1.807) is 7.11 Å². The van der Waals surface area contributed by atoms with Crippen molar-refractivity contribution < 1.29 is 19.7 Å². The molecule has 7 nitrogen and oxygen atoms in total. The molecule has 1 aromatic heterocycles. The number of ether oxygens (including phenoxy) is 1. The number of fused-ring (bicyclic) bond motifs is 2. The molecule has 2 aromatic rings. The van der Waals surface area contributed by atoms with E-state index in [4.69, 9.17) is 4.74 Å². The number of rotatable bonds is 3. The Balaban J connectivity index is 1.96. The number of benzene rings is 1. The van der Waals surface area contributed by atoms with Gasteiger partial charge in [-0.2, -0.15) is 0 Å². The van der Waals surface area contributed by atoms with E-state index in [1.165, 1.54) is 6.07 Å². The van der Waals surface area contributed by atoms with Gasteiger partial charge in [-0.25, -0.2) is 4.79 Å². The van der Waals surface area contributed by atoms with Gasteiger partial charge in [-0.15, -0.1) is 0 Å². The molecule has 154 valence electrons. The van der Waals surface area contributed by atoms with Crippen LogP contribution in [-0.4, -0.2) is 46.5 Å². The maximum atomic E-state index is 12.3. The average molecular weight is 398 g/mol. The van der Waals surface area contributed by atoms with Crippen molar-refractivity contribution in [1.82, 2.24) is 10.3 Å². The van der Waals surface area contributed by atoms with Gasteiger partial charge < -0.3 is 25.3 Å². The van der Waals surface area contributed by atoms with Crippen molar-refractivity contribution in [2.75, 3.05) is 13.7 Å². The summed E-state index contributed by atoms with van der Waals surface area (Å²) in [4.78, 5) is 26.5. The lowest BCUT2D eigenvalue weighted by molar-refractivity contribution is -0.0944. The lowest BCUT2D eigenvalue weighted by atomic mass is 9.53. The number of aromatic nitrogens is 1. The van der Waals surface area contributed by atoms with Gasteiger partial charge in [-0.05, 0) is 61.7 Å². The van der Waals surface area contributed by atoms with Gasteiger partial charge >= 0.3 is 5.97 Å². The van der Waals surface area contributed by atoms with Crippen molar-refractivity contribution in [3.05, 3.63) is 62.6 Å². The first-order valence-electron chi connectivity index (χ1n) is 9.81. The van der Waals surface area contributed by atoms with Crippen molar-refractivity contribution in [1.29, 1.82) is 0 Å². The molecule has 2 heterocycles. The molecule has 0 radical (unpaired) electrons. The number of methoxy groups -OCH3 is 1. The number of H-pyrrole nitrogens is 1. The van der Waals surface area contributed by atoms with Crippen molar-refractivity contribution in [3.63, 3.8) is 0 Å². The van der Waals surface area contributed by atoms with Gasteiger partial charge in [0.25, 0.3) is 5.56 Å². The number of nitrogens with one attached hydrogen (secondary N) is 2. The molecule has 1 aliphatic carbocycles. The predicted octanol–water partition coefficient (Wildman–Crippen LogP) is 1.54. The van der Waals surface area contributed by atoms with Gasteiger partial charge in [0.1, 0.15) is 11.3 Å². The summed E-state index contributed by atoms with van der Waals surface area (Å²) in [6, 6.07) is 7.07. The Bertz CT molecular complexity index is 1050. The normalized spacial score (nSPS) is 28.3. The van der Waals surface area contributed by atoms with Crippen LogP contribution in [0, 0.1) is 6.92 Å². The Hall–Kier alpha value is -2.64. The van der Waals surface area contributed by atoms with Crippen LogP contribution in [0.15, 0.2) is 29.1 Å². The number of hydrogen-bond donors (Lipinski definition) is 4. The average Bonchev–Trinajstić information content (AvgIpc) is 2.67. The molecule has 2 aliphatic rings. The van der Waals surface area contributed by atoms with Gasteiger partial charge in [0.2, 0.25) is 0 Å². The highest BCUT2D eigenvalue weighted by Gasteiger charge is 2.59. The third-order valence-corrected chi connectivity index (χ3v) is 6.89. The third-order valence-electron chi connectivity index (χ3n) is 6.89. The Morgan fingerprint density at radius 1 is 1.28 bits per heavy atom. The number of hydrogen-bond acceptors (Lipinski definition) is 5. The molecular formula is C22H26N2O5. The maximum absolute atomic E-state index is 12.3. The van der Waals surface area contributed by atoms with E-state index >= 15 is 0 Å². The lowest BCUT2D eigenvalue weighted by Crippen LogP contribution is -2.70. The molecule has 2 unspecified atom stereocenters. The minimum absolute atomic E-state index is 0.213. The van der Waals surface area contributed by atoms with Crippen LogP contribution < -0.4 is 15.6 Å². The quantitative estimate of drug-likeness (QED) is 0.624. The molecule has 1 fully saturated rings. The van der Waals surface area contributed by atoms with Crippen LogP contribution in [0.3, 0.4) is 0 Å². The van der Waals surface area contributed by atoms with E-state index in [9.17, 15) is 19.8 Å². The smallest absolute Gasteiger partial charge is 0.341 e. The maximum Gasteiger partial charge on any atom is 0.341 e. The Kier molecular flexibility index (Phi) is 4.55. The molecule has 1 aliphatic heterocycles. The second-order valence-electron chi connectivity index (χ2n) is 8.29. The number of aliphatic hydroxyl groups is 1. The summed E-state index contributed by atoms with van der Waals surface area (Å²) in [5.41, 5.74) is 0.736. The van der Waals surface area contributed by atoms with Crippen LogP contribution in [0.2, 0.25) is 0 Å². The van der Waals surface area contributed by atoms with Crippen LogP contribution in [0.5, 0.6) is 5.75 Å². The number of aryl methyl sites for hydroxylation is 1. The van der Waals surface area contributed by atoms with Gasteiger partial charge in [-0.3, -0.25) is 4.79 Å². The fraction of sp³-hybridized carbons (Fsp3) is 0.455. The fourth-order valence-corrected chi connectivity index (χ4v) is 5.25. The van der Waals surface area contributed by atoms with Crippen molar-refractivity contribution in [2.45, 2.75) is 50.2 Å². The molecule has 1 aromatic carbocycles. The zero-order chi connectivity index (χ0) is 21.0. The highest BCUT2D eigenvalue weighted by atomic mass is 16.5. The highest BCUT2D eigenvalue weighted by Crippen LogP contribution is 2.51. The monoisotopic (exact) mass is 398 g/mol. The third kappa shape index (κ3) is 2.80. The van der Waals surface area contributed by atoms with Crippen LogP contribution in [0.4, 0.5) is 0 Å². The van der Waals surface area contributed by atoms with Gasteiger partial charge in [0, 0.05) is 30.0 Å². The summed E-state index contributed by atoms with van der Waals surface area (Å²) in [6.07, 6.45) is 1.36. The second-order valence-corrected chi connectivity index (χ2v) is 8.29. The van der Waals surface area contributed by atoms with Gasteiger partial charge in [-0.1, -0.05) is 6.07 Å². The zero-order valence-corrected chi connectivity index (χ0v) is 16.8. The Labute approximate surface area is 168 Å². The SMILES string of the molecule is COc1ccc(C)c([C@]23CCNC(C)C2(O)Cc2cc(C(=O)O)c(=O)[nH]c2C3)c1. The van der Waals surface area contributed by atoms with E-state index in [1.807, 2.05) is 32.0 Å². The molecule has 0 saturated carbocycles. The van der Waals surface area contributed by atoms with E-state index in [0.29, 0.717) is 29.8 Å². The number of carbonyl (C=O) groups is 1. The Morgan fingerprint density at radius 2 is 2.03 bits per heavy atom. The molecule has 7 heteroatoms. The second kappa shape index (κ2) is 6.71. The summed E-state index contributed by atoms with van der Waals surface area (Å²) in [5.74, 6) is -0.551. The van der Waals surface area contributed by atoms with Crippen molar-refractivity contribution in [3.8, 4) is 5.75 Å². The first kappa shape index (κ1) is 19.7. The summed E-state index contributed by atoms with van der Waals surface area (Å²) in [6.45, 7) is 4.70. The zero-order valence-electron chi connectivity index (χ0n) is 16.8. The number of pyridine rings is 1. The molecule has 4 N–H and O–H groups in total. The Morgan fingerprint density at radius 3 is 2.72 bits per heavy atom. The summed E-state index contributed by atoms with van der Waals surface area (Å²) in [5, 5.41) is 24.8. The highest BCUT2D eigenvalue weighted by molar-refractivity contribution is 5.87. The van der Waals surface area contributed by atoms with Gasteiger partial charge in [0.05, 0.1) is 12.7 Å². The first-order chi connectivity index (χ1) is 13.7. The molecule has 0 bridgehead atoms. The lowest BCUT2D eigenvalue weighted by Gasteiger charge is -2.57. The largest absolute Gasteiger partial charge is 0.497 e. The van der Waals surface area contributed by atoms with Crippen LogP contribution in [-0.2, 0) is 18.3 Å². The van der Waals surface area contributed by atoms with E-state index < -0.39 is 22.5 Å². The van der Waals surface area contributed by atoms with Gasteiger partial charge in [0.15, 0.2) is 0 Å². The first-order valence-corrected chi connectivity index (χ1v) is 9.81. The minimum Gasteiger partial charge on any atom is -0.497 e. The number of carboxylic acids is 1. The molecule has 1 saturated heterocycles. The summed E-state index contributed by atoms with van der Waals surface area (Å²) >= 11 is 0. The molecule has 29 heavy (non-hydrogen) atoms. The van der Waals surface area contributed by atoms with Crippen LogP contribution in [0.1, 0.15) is 46.1 Å². The summed E-state index contributed by atoms with van der Waals surface area (Å²) < 4.78 is 5.45. The number of aromatic amines is 1. The number of piperidine rings is 1. The number of carboxylic acid groups (broad SMARTS) is 1. The van der Waals surface area contributed by atoms with Crippen LogP contribution >= 0.6 is 0 Å². The number of aromatic carboxylic acids is 1. The molecule has 0 amide bonds. The minimum atomic E-state index is -1.27. The predicted molar refractivity (Wildman–Crippen MR) is 108 cm³/mol. The van der Waals surface area contributed by atoms with E-state index in [0.717, 1.165) is 17.7 Å². The topological polar surface area (TPSA) is 112 Å². The molecule has 4 rings (SSSR count). The molecular weight excluding hydrogens is 372 g/mol. The van der Waals surface area contributed by atoms with E-state index in [2.05, 4.69) is 10.3 Å². The fourth-order valence-electron chi connectivity index (χ4n) is 5.25.